The monoisotopic (exact) mass is 1480 g/mol. The molecule has 5 saturated carbocycles. The van der Waals surface area contributed by atoms with Gasteiger partial charge in [0.05, 0.1) is 6.54 Å². The summed E-state index contributed by atoms with van der Waals surface area (Å²) in [6, 6.07) is 4.09. The summed E-state index contributed by atoms with van der Waals surface area (Å²) < 4.78 is 48.3. The molecule has 15 N–H and O–H groups in total. The minimum atomic E-state index is -0.952. The first-order valence-corrected chi connectivity index (χ1v) is 39.2. The molecule has 9 rings (SSSR count). The van der Waals surface area contributed by atoms with Crippen LogP contribution in [0.15, 0.2) is 29.2 Å². The number of ether oxygens (including phenoxy) is 2. The Morgan fingerprint density at radius 3 is 1.59 bits per heavy atom. The van der Waals surface area contributed by atoms with E-state index >= 15 is 0 Å². The fourth-order valence-electron chi connectivity index (χ4n) is 14.4. The second-order valence-corrected chi connectivity index (χ2v) is 33.3. The number of rotatable bonds is 18. The molecule has 1 aromatic carbocycles. The van der Waals surface area contributed by atoms with Gasteiger partial charge in [0.2, 0.25) is 5.43 Å². The number of nitrogens with zero attached hydrogens (tertiary/aromatic N) is 3. The van der Waals surface area contributed by atoms with E-state index in [2.05, 4.69) is 86.9 Å². The number of halogens is 2. The van der Waals surface area contributed by atoms with Gasteiger partial charge in [-0.3, -0.25) is 19.3 Å². The van der Waals surface area contributed by atoms with Crippen molar-refractivity contribution in [1.29, 1.82) is 0 Å². The minimum absolute atomic E-state index is 0.0522. The summed E-state index contributed by atoms with van der Waals surface area (Å²) in [6.45, 7) is 35.8. The van der Waals surface area contributed by atoms with Crippen LogP contribution in [0, 0.1) is 76.8 Å². The second-order valence-electron chi connectivity index (χ2n) is 33.3. The van der Waals surface area contributed by atoms with E-state index in [1.165, 1.54) is 80.7 Å². The molecule has 598 valence electrons. The number of hydrogen-bond donors (Lipinski definition) is 12. The van der Waals surface area contributed by atoms with Gasteiger partial charge in [-0.25, -0.2) is 18.4 Å². The van der Waals surface area contributed by atoms with Gasteiger partial charge in [-0.15, -0.1) is 0 Å². The van der Waals surface area contributed by atoms with Crippen molar-refractivity contribution >= 4 is 31.2 Å². The summed E-state index contributed by atoms with van der Waals surface area (Å²) in [4.78, 5) is 67.3. The van der Waals surface area contributed by atoms with Crippen molar-refractivity contribution < 1.29 is 62.6 Å². The normalized spacial score (nSPS) is 24.2. The van der Waals surface area contributed by atoms with Gasteiger partial charge in [0.1, 0.15) is 34.6 Å². The standard InChI is InChI=1S/C27H32F2N4O4.C16H32N2O2.C12H23NO3.C11H24N2.C7H15NO.C4H11N.C2HBO2/c1-15(2)11-31-12-17-5-3-4-6-21(17)33-22(31)14-32-13-19(24(34)25(35)23(32)27(33)37)26(36)30-10-16-7-8-18(28)9-20(16)29;1-12(2)10-17-11-13-8-6-7-9-14(13)18-15(19)20-16(3,4)5;1-12(2,3)16-11(15)13-10-7-5-4-6-9(10)8-14;1-9(2)7-13-8-10-5-3-4-6-11(10)12;8-7-4-2-1-3-6(7)5-9;1-4(2)3-5;4-2-1-3-5/h7-9,13,15,17,21-22,35H,3-6,10-12,14H2,1-2H3,(H,30,36);12-14,17H,6-11H2,1-5H3,(H,18,19);9-10,14H,4-8H2,1-3H3,(H,13,15);9-11,13H,3-8,12H2,1-2H3;6-7,9H,1-5,8H2;4H,3,5H2,1-2H3;4H/t17-,21-,22-;13-,14-;9-,10-;10-,11-;6-,7-;;/m00000../s1. The zero-order chi connectivity index (χ0) is 78.6. The van der Waals surface area contributed by atoms with Gasteiger partial charge in [-0.1, -0.05) is 126 Å². The Kier molecular flexibility index (Phi) is 43.2. The van der Waals surface area contributed by atoms with Crippen LogP contribution in [0.25, 0.3) is 0 Å². The number of amides is 4. The van der Waals surface area contributed by atoms with Crippen LogP contribution >= 0.6 is 0 Å². The van der Waals surface area contributed by atoms with Crippen LogP contribution in [-0.2, 0) is 27.3 Å². The number of hydrogen-bond acceptors (Lipinski definition) is 18. The Labute approximate surface area is 628 Å². The van der Waals surface area contributed by atoms with Crippen molar-refractivity contribution in [2.45, 2.75) is 286 Å². The molecular weight excluding hydrogens is 1340 g/mol. The van der Waals surface area contributed by atoms with Crippen LogP contribution in [0.3, 0.4) is 0 Å². The summed E-state index contributed by atoms with van der Waals surface area (Å²) >= 11 is 0. The van der Waals surface area contributed by atoms with Crippen molar-refractivity contribution in [3.63, 3.8) is 0 Å². The number of aliphatic hydroxyl groups is 3. The number of fused-ring (bicyclic) bond motifs is 4. The molecule has 0 unspecified atom stereocenters. The number of alkyl carbamates (subject to hydrolysis) is 2. The number of carbonyl (C=O) groups excluding carboxylic acids is 4. The molecule has 0 bridgehead atoms. The Bertz CT molecular complexity index is 3010. The molecule has 7 aliphatic rings. The van der Waals surface area contributed by atoms with Crippen LogP contribution in [0.4, 0.5) is 18.4 Å². The van der Waals surface area contributed by atoms with Crippen LogP contribution in [0.2, 0.25) is 0 Å². The first kappa shape index (κ1) is 93.4. The number of aliphatic hydroxyl groups excluding tert-OH is 3. The van der Waals surface area contributed by atoms with Gasteiger partial charge in [0, 0.05) is 86.8 Å². The fraction of sp³-hybridized carbons (Fsp3) is 0.785. The number of carbonyl (C=O) groups is 4. The fourth-order valence-corrected chi connectivity index (χ4v) is 14.4. The topological polar surface area (TPSA) is 351 Å². The van der Waals surface area contributed by atoms with Crippen molar-refractivity contribution in [3.8, 4) is 17.7 Å². The van der Waals surface area contributed by atoms with Crippen molar-refractivity contribution in [1.82, 2.24) is 41.0 Å². The molecule has 5 aliphatic carbocycles. The number of nitrogens with two attached hydrogens (primary N) is 3. The van der Waals surface area contributed by atoms with Crippen molar-refractivity contribution in [2.75, 3.05) is 59.0 Å². The molecule has 0 radical (unpaired) electrons. The maximum atomic E-state index is 14.0. The van der Waals surface area contributed by atoms with Crippen LogP contribution in [-0.4, -0.2) is 173 Å². The molecular formula is C79H138BF2N11O12. The molecule has 1 saturated heterocycles. The average molecular weight is 1480 g/mol. The number of nitrogens with one attached hydrogen (secondary N) is 5. The van der Waals surface area contributed by atoms with Crippen molar-refractivity contribution in [2.24, 2.45) is 70.5 Å². The van der Waals surface area contributed by atoms with E-state index < -0.39 is 45.8 Å². The summed E-state index contributed by atoms with van der Waals surface area (Å²) in [5.41, 5.74) is 14.7. The summed E-state index contributed by atoms with van der Waals surface area (Å²) in [5, 5.41) is 51.7. The van der Waals surface area contributed by atoms with Crippen molar-refractivity contribution in [3.05, 3.63) is 63.1 Å². The summed E-state index contributed by atoms with van der Waals surface area (Å²) in [5.74, 6) is 2.85. The van der Waals surface area contributed by atoms with Gasteiger partial charge in [0.15, 0.2) is 11.4 Å². The van der Waals surface area contributed by atoms with Gasteiger partial charge >= 0.3 is 41.1 Å². The van der Waals surface area contributed by atoms with E-state index in [-0.39, 0.29) is 85.0 Å². The molecule has 3 heterocycles. The van der Waals surface area contributed by atoms with E-state index in [4.69, 9.17) is 41.6 Å². The van der Waals surface area contributed by atoms with E-state index in [0.717, 1.165) is 134 Å². The number of benzene rings is 1. The molecule has 0 spiro atoms. The molecule has 1 aromatic heterocycles. The van der Waals surface area contributed by atoms with E-state index in [1.54, 1.807) is 5.82 Å². The summed E-state index contributed by atoms with van der Waals surface area (Å²) in [7, 11) is 0.319. The Hall–Kier alpha value is -5.79. The Morgan fingerprint density at radius 2 is 1.13 bits per heavy atom. The first-order chi connectivity index (χ1) is 49.6. The summed E-state index contributed by atoms with van der Waals surface area (Å²) in [6.07, 6.45) is 24.8. The molecule has 2 aliphatic heterocycles. The Balaban J connectivity index is 0.000000357. The van der Waals surface area contributed by atoms with Crippen LogP contribution in [0.1, 0.15) is 252 Å². The quantitative estimate of drug-likeness (QED) is 0.0487. The van der Waals surface area contributed by atoms with Crippen LogP contribution < -0.4 is 49.2 Å². The average Bonchev–Trinajstić information content (AvgIpc) is 0.731. The zero-order valence-corrected chi connectivity index (χ0v) is 66.4. The molecule has 11 atom stereocenters. The van der Waals surface area contributed by atoms with E-state index in [1.807, 2.05) is 46.4 Å². The van der Waals surface area contributed by atoms with Crippen LogP contribution in [0.5, 0.6) is 5.75 Å². The predicted octanol–water partition coefficient (Wildman–Crippen LogP) is 10.6. The molecule has 23 nitrogen and oxygen atoms in total. The molecule has 4 amide bonds. The van der Waals surface area contributed by atoms with Gasteiger partial charge in [-0.05, 0) is 192 Å². The number of aromatic nitrogens is 1. The predicted molar refractivity (Wildman–Crippen MR) is 412 cm³/mol. The Morgan fingerprint density at radius 1 is 0.657 bits per heavy atom. The molecule has 26 heteroatoms. The number of aromatic hydroxyl groups is 1. The van der Waals surface area contributed by atoms with Gasteiger partial charge in [-0.2, -0.15) is 0 Å². The molecule has 105 heavy (non-hydrogen) atoms. The molecule has 6 fully saturated rings. The first-order valence-electron chi connectivity index (χ1n) is 39.2. The van der Waals surface area contributed by atoms with Gasteiger partial charge < -0.3 is 78.0 Å². The third-order valence-corrected chi connectivity index (χ3v) is 19.9. The third-order valence-electron chi connectivity index (χ3n) is 19.9. The third kappa shape index (κ3) is 35.0. The molecule has 2 aromatic rings. The SMILES string of the molecule is CC(C)(C)OC(=O)N[C@H]1CCCC[C@H]1CO.CC(C)CN.CC(C)CN1C[C@@H]2CCCC[C@@H]2N2C(=O)c3c(O)c(=O)c(C(=O)NCc4ccc(F)cc4F)cn3C[C@@H]12.CC(C)CNC[C@@H]1CCCC[C@@H]1N.CC(C)CNC[C@@H]1CCCC[C@@H]1NC(=O)OC(C)(C)C.N[C@H]1CCCC[C@H]1CO.O=BC#CO. The van der Waals surface area contributed by atoms with E-state index in [0.29, 0.717) is 61.3 Å². The number of pyridine rings is 1. The zero-order valence-electron chi connectivity index (χ0n) is 66.4. The van der Waals surface area contributed by atoms with E-state index in [9.17, 15) is 43.0 Å². The second kappa shape index (κ2) is 48.6. The maximum absolute atomic E-state index is 14.0. The van der Waals surface area contributed by atoms with Gasteiger partial charge in [0.25, 0.3) is 11.8 Å².